The molecule has 0 amide bonds. The van der Waals surface area contributed by atoms with Gasteiger partial charge in [-0.2, -0.15) is 13.2 Å². The van der Waals surface area contributed by atoms with Crippen LogP contribution in [0.4, 0.5) is 18.3 Å². The number of anilines is 1. The van der Waals surface area contributed by atoms with Crippen molar-refractivity contribution >= 4 is 16.5 Å². The lowest BCUT2D eigenvalue weighted by Crippen LogP contribution is -2.03. The SMILES string of the molecule is COc1cccc(Oc2ncccc2CNc2nnc(C(F)(F)F)s2)c1. The third-order valence-corrected chi connectivity index (χ3v) is 4.13. The molecule has 2 heterocycles. The first kappa shape index (κ1) is 17.9. The van der Waals surface area contributed by atoms with E-state index in [0.717, 1.165) is 0 Å². The van der Waals surface area contributed by atoms with Gasteiger partial charge in [0, 0.05) is 24.4 Å². The summed E-state index contributed by atoms with van der Waals surface area (Å²) >= 11 is 0.438. The predicted octanol–water partition coefficient (Wildman–Crippen LogP) is 4.36. The van der Waals surface area contributed by atoms with Crippen molar-refractivity contribution in [3.63, 3.8) is 0 Å². The molecule has 10 heteroatoms. The van der Waals surface area contributed by atoms with Crippen molar-refractivity contribution in [1.82, 2.24) is 15.2 Å². The van der Waals surface area contributed by atoms with Crippen LogP contribution in [0.25, 0.3) is 0 Å². The van der Waals surface area contributed by atoms with E-state index < -0.39 is 11.2 Å². The molecule has 1 aromatic carbocycles. The Kier molecular flexibility index (Phi) is 5.21. The molecule has 0 saturated heterocycles. The van der Waals surface area contributed by atoms with Crippen LogP contribution in [0.1, 0.15) is 10.6 Å². The van der Waals surface area contributed by atoms with Gasteiger partial charge in [-0.05, 0) is 18.2 Å². The van der Waals surface area contributed by atoms with Crippen LogP contribution in [-0.2, 0) is 12.7 Å². The summed E-state index contributed by atoms with van der Waals surface area (Å²) in [6, 6.07) is 10.5. The average Bonchev–Trinajstić information content (AvgIpc) is 3.11. The molecular formula is C16H13F3N4O2S. The van der Waals surface area contributed by atoms with Crippen molar-refractivity contribution < 1.29 is 22.6 Å². The highest BCUT2D eigenvalue weighted by Crippen LogP contribution is 2.33. The van der Waals surface area contributed by atoms with Gasteiger partial charge >= 0.3 is 6.18 Å². The Morgan fingerprint density at radius 2 is 1.92 bits per heavy atom. The fraction of sp³-hybridized carbons (Fsp3) is 0.188. The minimum Gasteiger partial charge on any atom is -0.497 e. The molecule has 136 valence electrons. The van der Waals surface area contributed by atoms with Gasteiger partial charge in [-0.3, -0.25) is 0 Å². The second-order valence-corrected chi connectivity index (χ2v) is 5.99. The number of halogens is 3. The van der Waals surface area contributed by atoms with Crippen molar-refractivity contribution in [3.8, 4) is 17.4 Å². The number of hydrogen-bond acceptors (Lipinski definition) is 7. The van der Waals surface area contributed by atoms with Crippen LogP contribution >= 0.6 is 11.3 Å². The van der Waals surface area contributed by atoms with Gasteiger partial charge in [-0.25, -0.2) is 4.98 Å². The second kappa shape index (κ2) is 7.56. The lowest BCUT2D eigenvalue weighted by Gasteiger charge is -2.11. The molecule has 2 aromatic heterocycles. The molecule has 0 spiro atoms. The Bertz CT molecular complexity index is 886. The Hall–Kier alpha value is -2.88. The molecule has 0 radical (unpaired) electrons. The molecule has 0 unspecified atom stereocenters. The van der Waals surface area contributed by atoms with Crippen LogP contribution in [0, 0.1) is 0 Å². The summed E-state index contributed by atoms with van der Waals surface area (Å²) in [4.78, 5) is 4.17. The van der Waals surface area contributed by atoms with E-state index in [2.05, 4.69) is 20.5 Å². The zero-order valence-electron chi connectivity index (χ0n) is 13.4. The Balaban J connectivity index is 1.72. The standard InChI is InChI=1S/C16H13F3N4O2S/c1-24-11-5-2-6-12(8-11)25-13-10(4-3-7-20-13)9-21-15-23-22-14(26-15)16(17,18)19/h2-8H,9H2,1H3,(H,21,23). The second-order valence-electron chi connectivity index (χ2n) is 5.01. The third kappa shape index (κ3) is 4.39. The summed E-state index contributed by atoms with van der Waals surface area (Å²) in [5.41, 5.74) is 0.652. The third-order valence-electron chi connectivity index (χ3n) is 3.20. The number of nitrogens with zero attached hydrogens (tertiary/aromatic N) is 3. The molecule has 0 aliphatic carbocycles. The summed E-state index contributed by atoms with van der Waals surface area (Å²) in [5, 5.41) is 8.49. The number of ether oxygens (including phenoxy) is 2. The highest BCUT2D eigenvalue weighted by Gasteiger charge is 2.35. The molecule has 26 heavy (non-hydrogen) atoms. The summed E-state index contributed by atoms with van der Waals surface area (Å²) in [6.45, 7) is 0.180. The number of benzene rings is 1. The molecule has 6 nitrogen and oxygen atoms in total. The normalized spacial score (nSPS) is 11.2. The van der Waals surface area contributed by atoms with Crippen LogP contribution in [0.2, 0.25) is 0 Å². The average molecular weight is 382 g/mol. The van der Waals surface area contributed by atoms with Gasteiger partial charge in [0.2, 0.25) is 16.0 Å². The number of methoxy groups -OCH3 is 1. The molecule has 0 aliphatic heterocycles. The van der Waals surface area contributed by atoms with Gasteiger partial charge in [0.05, 0.1) is 7.11 Å². The van der Waals surface area contributed by atoms with E-state index in [9.17, 15) is 13.2 Å². The maximum Gasteiger partial charge on any atom is 0.445 e. The van der Waals surface area contributed by atoms with Crippen LogP contribution in [0.5, 0.6) is 17.4 Å². The zero-order valence-corrected chi connectivity index (χ0v) is 14.3. The first-order chi connectivity index (χ1) is 12.5. The first-order valence-corrected chi connectivity index (χ1v) is 8.18. The highest BCUT2D eigenvalue weighted by atomic mass is 32.1. The Morgan fingerprint density at radius 3 is 2.65 bits per heavy atom. The molecule has 0 bridgehead atoms. The van der Waals surface area contributed by atoms with Crippen molar-refractivity contribution in [2.24, 2.45) is 0 Å². The van der Waals surface area contributed by atoms with Gasteiger partial charge in [-0.1, -0.05) is 23.5 Å². The fourth-order valence-electron chi connectivity index (χ4n) is 2.01. The highest BCUT2D eigenvalue weighted by molar-refractivity contribution is 7.15. The molecular weight excluding hydrogens is 369 g/mol. The van der Waals surface area contributed by atoms with Crippen molar-refractivity contribution in [2.45, 2.75) is 12.7 Å². The van der Waals surface area contributed by atoms with Gasteiger partial charge in [0.1, 0.15) is 11.5 Å². The predicted molar refractivity (Wildman–Crippen MR) is 89.5 cm³/mol. The quantitative estimate of drug-likeness (QED) is 0.683. The molecule has 1 N–H and O–H groups in total. The molecule has 0 saturated carbocycles. The lowest BCUT2D eigenvalue weighted by molar-refractivity contribution is -0.138. The van der Waals surface area contributed by atoms with Crippen LogP contribution in [-0.4, -0.2) is 22.3 Å². The zero-order chi connectivity index (χ0) is 18.6. The van der Waals surface area contributed by atoms with E-state index in [-0.39, 0.29) is 11.7 Å². The van der Waals surface area contributed by atoms with Gasteiger partial charge in [-0.15, -0.1) is 10.2 Å². The van der Waals surface area contributed by atoms with Crippen LogP contribution in [0.15, 0.2) is 42.6 Å². The van der Waals surface area contributed by atoms with E-state index >= 15 is 0 Å². The number of hydrogen-bond donors (Lipinski definition) is 1. The number of alkyl halides is 3. The van der Waals surface area contributed by atoms with E-state index in [0.29, 0.717) is 34.3 Å². The number of rotatable bonds is 6. The molecule has 0 fully saturated rings. The minimum absolute atomic E-state index is 0.0634. The monoisotopic (exact) mass is 382 g/mol. The molecule has 3 rings (SSSR count). The van der Waals surface area contributed by atoms with E-state index in [1.807, 2.05) is 0 Å². The summed E-state index contributed by atoms with van der Waals surface area (Å²) < 4.78 is 48.6. The fourth-order valence-corrected chi connectivity index (χ4v) is 2.61. The van der Waals surface area contributed by atoms with E-state index in [1.54, 1.807) is 49.7 Å². The largest absolute Gasteiger partial charge is 0.497 e. The van der Waals surface area contributed by atoms with Crippen molar-refractivity contribution in [3.05, 3.63) is 53.2 Å². The number of aromatic nitrogens is 3. The van der Waals surface area contributed by atoms with E-state index in [4.69, 9.17) is 9.47 Å². The first-order valence-electron chi connectivity index (χ1n) is 7.36. The summed E-state index contributed by atoms with van der Waals surface area (Å²) in [6.07, 6.45) is -2.95. The minimum atomic E-state index is -4.51. The van der Waals surface area contributed by atoms with Crippen molar-refractivity contribution in [1.29, 1.82) is 0 Å². The number of nitrogens with one attached hydrogen (secondary N) is 1. The molecule has 3 aromatic rings. The number of pyridine rings is 1. The van der Waals surface area contributed by atoms with Crippen LogP contribution in [0.3, 0.4) is 0 Å². The topological polar surface area (TPSA) is 69.2 Å². The van der Waals surface area contributed by atoms with Crippen LogP contribution < -0.4 is 14.8 Å². The van der Waals surface area contributed by atoms with E-state index in [1.165, 1.54) is 0 Å². The maximum atomic E-state index is 12.6. The lowest BCUT2D eigenvalue weighted by atomic mass is 10.2. The molecule has 0 atom stereocenters. The van der Waals surface area contributed by atoms with Gasteiger partial charge in [0.25, 0.3) is 0 Å². The Labute approximate surface area is 150 Å². The Morgan fingerprint density at radius 1 is 1.12 bits per heavy atom. The van der Waals surface area contributed by atoms with Crippen molar-refractivity contribution in [2.75, 3.05) is 12.4 Å². The smallest absolute Gasteiger partial charge is 0.445 e. The summed E-state index contributed by atoms with van der Waals surface area (Å²) in [5.74, 6) is 1.49. The van der Waals surface area contributed by atoms with Gasteiger partial charge < -0.3 is 14.8 Å². The maximum absolute atomic E-state index is 12.6. The molecule has 0 aliphatic rings. The summed E-state index contributed by atoms with van der Waals surface area (Å²) in [7, 11) is 1.55. The van der Waals surface area contributed by atoms with Gasteiger partial charge in [0.15, 0.2) is 0 Å².